The Labute approximate surface area is 145 Å². The zero-order valence-corrected chi connectivity index (χ0v) is 13.8. The van der Waals surface area contributed by atoms with Crippen LogP contribution in [0, 0.1) is 19.7 Å². The molecule has 6 nitrogen and oxygen atoms in total. The molecule has 0 fully saturated rings. The smallest absolute Gasteiger partial charge is 0.391 e. The van der Waals surface area contributed by atoms with E-state index in [4.69, 9.17) is 5.11 Å². The van der Waals surface area contributed by atoms with Gasteiger partial charge in [-0.05, 0) is 38.1 Å². The molecule has 2 rings (SSSR count). The molecule has 0 aliphatic rings. The van der Waals surface area contributed by atoms with Crippen molar-refractivity contribution in [3.05, 3.63) is 47.0 Å². The molecule has 2 aromatic rings. The third-order valence-electron chi connectivity index (χ3n) is 3.63. The minimum absolute atomic E-state index is 0.0391. The molecule has 1 atom stereocenters. The topological polar surface area (TPSA) is 84.2 Å². The van der Waals surface area contributed by atoms with Gasteiger partial charge in [-0.3, -0.25) is 4.79 Å². The molecule has 1 amide bonds. The van der Waals surface area contributed by atoms with Crippen molar-refractivity contribution in [2.24, 2.45) is 0 Å². The number of alkyl halides is 3. The number of halogens is 4. The minimum Gasteiger partial charge on any atom is -0.480 e. The fraction of sp³-hybridized carbons (Fsp3) is 0.312. The maximum Gasteiger partial charge on any atom is 0.391 e. The Bertz CT molecular complexity index is 829. The molecule has 2 N–H and O–H groups in total. The van der Waals surface area contributed by atoms with Gasteiger partial charge in [-0.1, -0.05) is 0 Å². The minimum atomic E-state index is -4.75. The number of aromatic nitrogens is 2. The van der Waals surface area contributed by atoms with Gasteiger partial charge in [-0.2, -0.15) is 18.3 Å². The van der Waals surface area contributed by atoms with Crippen LogP contribution in [0.5, 0.6) is 0 Å². The monoisotopic (exact) mass is 373 g/mol. The number of hydrogen-bond acceptors (Lipinski definition) is 3. The van der Waals surface area contributed by atoms with Crippen LogP contribution in [0.2, 0.25) is 0 Å². The van der Waals surface area contributed by atoms with E-state index in [-0.39, 0.29) is 17.0 Å². The largest absolute Gasteiger partial charge is 0.480 e. The normalized spacial score (nSPS) is 12.7. The molecule has 0 saturated heterocycles. The number of carboxylic acids is 1. The number of benzene rings is 1. The number of aryl methyl sites for hydroxylation is 1. The second kappa shape index (κ2) is 7.14. The van der Waals surface area contributed by atoms with Gasteiger partial charge in [0.15, 0.2) is 0 Å². The van der Waals surface area contributed by atoms with Gasteiger partial charge in [0.05, 0.1) is 29.1 Å². The van der Waals surface area contributed by atoms with E-state index >= 15 is 0 Å². The number of amides is 1. The maximum atomic E-state index is 13.0. The van der Waals surface area contributed by atoms with Crippen LogP contribution < -0.4 is 5.32 Å². The van der Waals surface area contributed by atoms with Gasteiger partial charge < -0.3 is 10.4 Å². The van der Waals surface area contributed by atoms with E-state index in [9.17, 15) is 27.2 Å². The highest BCUT2D eigenvalue weighted by Crippen LogP contribution is 2.23. The number of carbonyl (C=O) groups is 2. The molecule has 0 saturated carbocycles. The quantitative estimate of drug-likeness (QED) is 0.790. The molecule has 1 aromatic heterocycles. The SMILES string of the molecule is Cc1nn(-c2ccc(F)cc2)c(C)c1C(=O)NC(CC(F)(F)F)C(=O)O. The van der Waals surface area contributed by atoms with Crippen LogP contribution in [0.25, 0.3) is 5.69 Å². The summed E-state index contributed by atoms with van der Waals surface area (Å²) in [7, 11) is 0. The highest BCUT2D eigenvalue weighted by atomic mass is 19.4. The summed E-state index contributed by atoms with van der Waals surface area (Å²) in [6, 6.07) is 3.10. The average Bonchev–Trinajstić information content (AvgIpc) is 2.80. The van der Waals surface area contributed by atoms with Crippen LogP contribution in [0.1, 0.15) is 28.2 Å². The number of carboxylic acid groups (broad SMARTS) is 1. The molecule has 0 bridgehead atoms. The van der Waals surface area contributed by atoms with E-state index in [2.05, 4.69) is 5.10 Å². The van der Waals surface area contributed by atoms with E-state index in [1.54, 1.807) is 0 Å². The second-order valence-electron chi connectivity index (χ2n) is 5.62. The second-order valence-corrected chi connectivity index (χ2v) is 5.62. The number of nitrogens with one attached hydrogen (secondary N) is 1. The lowest BCUT2D eigenvalue weighted by atomic mass is 10.1. The van der Waals surface area contributed by atoms with Crippen molar-refractivity contribution in [3.8, 4) is 5.69 Å². The number of rotatable bonds is 5. The average molecular weight is 373 g/mol. The van der Waals surface area contributed by atoms with Crippen LogP contribution in [0.3, 0.4) is 0 Å². The molecular formula is C16H15F4N3O3. The van der Waals surface area contributed by atoms with Gasteiger partial charge in [0, 0.05) is 0 Å². The predicted molar refractivity (Wildman–Crippen MR) is 82.6 cm³/mol. The first-order valence-corrected chi connectivity index (χ1v) is 7.42. The van der Waals surface area contributed by atoms with E-state index in [1.165, 1.54) is 42.8 Å². The first-order chi connectivity index (χ1) is 12.0. The van der Waals surface area contributed by atoms with E-state index in [1.807, 2.05) is 5.32 Å². The Morgan fingerprint density at radius 3 is 2.31 bits per heavy atom. The Morgan fingerprint density at radius 2 is 1.81 bits per heavy atom. The van der Waals surface area contributed by atoms with E-state index in [0.29, 0.717) is 5.69 Å². The van der Waals surface area contributed by atoms with Crippen molar-refractivity contribution in [3.63, 3.8) is 0 Å². The van der Waals surface area contributed by atoms with Crippen LogP contribution in [-0.4, -0.2) is 39.0 Å². The maximum absolute atomic E-state index is 13.0. The number of nitrogens with zero attached hydrogens (tertiary/aromatic N) is 2. The van der Waals surface area contributed by atoms with Gasteiger partial charge in [0.25, 0.3) is 5.91 Å². The standard InChI is InChI=1S/C16H15F4N3O3/c1-8-13(14(24)21-12(15(25)26)7-16(18,19)20)9(2)23(22-8)11-5-3-10(17)4-6-11/h3-6,12H,7H2,1-2H3,(H,21,24)(H,25,26). The molecule has 0 aliphatic heterocycles. The van der Waals surface area contributed by atoms with Gasteiger partial charge in [0.2, 0.25) is 0 Å². The zero-order valence-electron chi connectivity index (χ0n) is 13.8. The molecule has 1 aromatic carbocycles. The highest BCUT2D eigenvalue weighted by molar-refractivity contribution is 5.98. The molecule has 0 radical (unpaired) electrons. The molecule has 10 heteroatoms. The summed E-state index contributed by atoms with van der Waals surface area (Å²) in [4.78, 5) is 23.3. The van der Waals surface area contributed by atoms with Gasteiger partial charge in [-0.15, -0.1) is 0 Å². The van der Waals surface area contributed by atoms with Crippen molar-refractivity contribution >= 4 is 11.9 Å². The first kappa shape index (κ1) is 19.4. The number of hydrogen-bond donors (Lipinski definition) is 2. The first-order valence-electron chi connectivity index (χ1n) is 7.42. The molecular weight excluding hydrogens is 358 g/mol. The summed E-state index contributed by atoms with van der Waals surface area (Å²) < 4.78 is 51.8. The van der Waals surface area contributed by atoms with Gasteiger partial charge in [-0.25, -0.2) is 13.9 Å². The summed E-state index contributed by atoms with van der Waals surface area (Å²) >= 11 is 0. The highest BCUT2D eigenvalue weighted by Gasteiger charge is 2.37. The Hall–Kier alpha value is -2.91. The Morgan fingerprint density at radius 1 is 1.23 bits per heavy atom. The molecule has 1 unspecified atom stereocenters. The zero-order chi connectivity index (χ0) is 19.6. The van der Waals surface area contributed by atoms with Gasteiger partial charge in [0.1, 0.15) is 11.9 Å². The molecule has 26 heavy (non-hydrogen) atoms. The van der Waals surface area contributed by atoms with E-state index < -0.39 is 36.3 Å². The van der Waals surface area contributed by atoms with Crippen molar-refractivity contribution < 1.29 is 32.3 Å². The van der Waals surface area contributed by atoms with Crippen molar-refractivity contribution in [2.75, 3.05) is 0 Å². The third-order valence-corrected chi connectivity index (χ3v) is 3.63. The molecule has 0 spiro atoms. The molecule has 0 aliphatic carbocycles. The summed E-state index contributed by atoms with van der Waals surface area (Å²) in [5, 5.41) is 14.9. The van der Waals surface area contributed by atoms with Crippen LogP contribution in [0.4, 0.5) is 17.6 Å². The molecule has 140 valence electrons. The van der Waals surface area contributed by atoms with Gasteiger partial charge >= 0.3 is 12.1 Å². The van der Waals surface area contributed by atoms with E-state index in [0.717, 1.165) is 0 Å². The number of carbonyl (C=O) groups excluding carboxylic acids is 1. The van der Waals surface area contributed by atoms with Crippen molar-refractivity contribution in [1.82, 2.24) is 15.1 Å². The summed E-state index contributed by atoms with van der Waals surface area (Å²) in [5.74, 6) is -3.24. The summed E-state index contributed by atoms with van der Waals surface area (Å²) in [6.07, 6.45) is -6.45. The summed E-state index contributed by atoms with van der Waals surface area (Å²) in [6.45, 7) is 2.96. The Kier molecular flexibility index (Phi) is 5.33. The lowest BCUT2D eigenvalue weighted by molar-refractivity contribution is -0.157. The third kappa shape index (κ3) is 4.38. The Balaban J connectivity index is 2.32. The fourth-order valence-electron chi connectivity index (χ4n) is 2.47. The van der Waals surface area contributed by atoms with Crippen LogP contribution in [-0.2, 0) is 4.79 Å². The lowest BCUT2D eigenvalue weighted by Gasteiger charge is -2.16. The van der Waals surface area contributed by atoms with Crippen molar-refractivity contribution in [2.45, 2.75) is 32.5 Å². The van der Waals surface area contributed by atoms with Crippen LogP contribution >= 0.6 is 0 Å². The predicted octanol–water partition coefficient (Wildman–Crippen LogP) is 2.76. The lowest BCUT2D eigenvalue weighted by Crippen LogP contribution is -2.43. The molecule has 1 heterocycles. The van der Waals surface area contributed by atoms with Crippen molar-refractivity contribution in [1.29, 1.82) is 0 Å². The number of aliphatic carboxylic acids is 1. The van der Waals surface area contributed by atoms with Crippen LogP contribution in [0.15, 0.2) is 24.3 Å². The summed E-state index contributed by atoms with van der Waals surface area (Å²) in [5.41, 5.74) is 0.877. The fourth-order valence-corrected chi connectivity index (χ4v) is 2.47.